The number of aliphatic hydroxyl groups excluding tert-OH is 1. The molecule has 0 radical (unpaired) electrons. The van der Waals surface area contributed by atoms with Crippen molar-refractivity contribution in [3.05, 3.63) is 131 Å². The van der Waals surface area contributed by atoms with E-state index in [1.165, 1.54) is 53.4 Å². The number of aliphatic hydroxyl groups is 1. The number of halogens is 2. The molecular formula is C31H25F2NO4. The summed E-state index contributed by atoms with van der Waals surface area (Å²) in [5.41, 5.74) is 2.50. The summed E-state index contributed by atoms with van der Waals surface area (Å²) >= 11 is 0. The predicted molar refractivity (Wildman–Crippen MR) is 139 cm³/mol. The van der Waals surface area contributed by atoms with Gasteiger partial charge in [-0.3, -0.25) is 9.59 Å². The molecule has 0 bridgehead atoms. The molecule has 5 rings (SSSR count). The first-order valence-corrected chi connectivity index (χ1v) is 12.2. The Bertz CT molecular complexity index is 1410. The molecule has 7 heteroatoms. The number of hydrogen-bond acceptors (Lipinski definition) is 4. The van der Waals surface area contributed by atoms with Gasteiger partial charge in [0.25, 0.3) is 0 Å². The molecule has 4 aromatic rings. The Morgan fingerprint density at radius 1 is 0.842 bits per heavy atom. The van der Waals surface area contributed by atoms with Crippen molar-refractivity contribution in [1.82, 2.24) is 0 Å². The van der Waals surface area contributed by atoms with Crippen molar-refractivity contribution in [1.29, 1.82) is 0 Å². The molecule has 0 aliphatic carbocycles. The number of rotatable bonds is 9. The molecule has 0 saturated carbocycles. The summed E-state index contributed by atoms with van der Waals surface area (Å²) in [4.78, 5) is 27.5. The number of Topliss-reactive ketones (excluding diaryl/α,β-unsaturated/α-hetero) is 1. The molecule has 5 nitrogen and oxygen atoms in total. The molecular weight excluding hydrogens is 488 g/mol. The average molecular weight is 514 g/mol. The third-order valence-corrected chi connectivity index (χ3v) is 6.69. The van der Waals surface area contributed by atoms with Gasteiger partial charge in [-0.15, -0.1) is 0 Å². The molecule has 1 saturated heterocycles. The number of benzene rings is 4. The summed E-state index contributed by atoms with van der Waals surface area (Å²) in [5.74, 6) is -1.91. The van der Waals surface area contributed by atoms with Crippen molar-refractivity contribution in [2.75, 3.05) is 4.90 Å². The van der Waals surface area contributed by atoms with Gasteiger partial charge in [-0.2, -0.15) is 0 Å². The van der Waals surface area contributed by atoms with Crippen LogP contribution in [0, 0.1) is 17.6 Å². The van der Waals surface area contributed by atoms with E-state index in [1.807, 2.05) is 42.5 Å². The van der Waals surface area contributed by atoms with Gasteiger partial charge < -0.3 is 14.7 Å². The monoisotopic (exact) mass is 513 g/mol. The quantitative estimate of drug-likeness (QED) is 0.224. The summed E-state index contributed by atoms with van der Waals surface area (Å²) in [6.07, 6.45) is -1.57. The van der Waals surface area contributed by atoms with Crippen LogP contribution in [0.1, 0.15) is 33.9 Å². The zero-order valence-corrected chi connectivity index (χ0v) is 20.3. The summed E-state index contributed by atoms with van der Waals surface area (Å²) in [6, 6.07) is 27.0. The number of ketones is 1. The van der Waals surface area contributed by atoms with Crippen LogP contribution in [-0.2, 0) is 11.4 Å². The molecule has 192 valence electrons. The highest BCUT2D eigenvalue weighted by Gasteiger charge is 2.52. The highest BCUT2D eigenvalue weighted by molar-refractivity contribution is 6.04. The van der Waals surface area contributed by atoms with Crippen LogP contribution in [0.15, 0.2) is 103 Å². The van der Waals surface area contributed by atoms with Gasteiger partial charge in [-0.05, 0) is 71.8 Å². The van der Waals surface area contributed by atoms with Crippen LogP contribution >= 0.6 is 0 Å². The highest BCUT2D eigenvalue weighted by Crippen LogP contribution is 2.46. The van der Waals surface area contributed by atoms with Gasteiger partial charge in [0.05, 0.1) is 18.1 Å². The number of anilines is 1. The summed E-state index contributed by atoms with van der Waals surface area (Å²) in [5, 5.41) is 11.0. The van der Waals surface area contributed by atoms with E-state index in [0.717, 1.165) is 11.1 Å². The number of hydrogen-bond donors (Lipinski definition) is 1. The van der Waals surface area contributed by atoms with Crippen molar-refractivity contribution in [3.63, 3.8) is 0 Å². The van der Waals surface area contributed by atoms with Crippen molar-refractivity contribution in [3.8, 4) is 5.75 Å². The van der Waals surface area contributed by atoms with E-state index in [4.69, 9.17) is 4.74 Å². The van der Waals surface area contributed by atoms with Gasteiger partial charge in [0.1, 0.15) is 24.0 Å². The zero-order chi connectivity index (χ0) is 26.6. The molecule has 1 aliphatic rings. The highest BCUT2D eigenvalue weighted by atomic mass is 19.1. The van der Waals surface area contributed by atoms with E-state index in [0.29, 0.717) is 18.0 Å². The van der Waals surface area contributed by atoms with Crippen LogP contribution < -0.4 is 9.64 Å². The lowest BCUT2D eigenvalue weighted by atomic mass is 9.76. The Balaban J connectivity index is 1.36. The van der Waals surface area contributed by atoms with E-state index in [-0.39, 0.29) is 17.9 Å². The van der Waals surface area contributed by atoms with Gasteiger partial charge in [-0.1, -0.05) is 42.5 Å². The molecule has 38 heavy (non-hydrogen) atoms. The first-order valence-electron chi connectivity index (χ1n) is 12.2. The van der Waals surface area contributed by atoms with Crippen LogP contribution in [0.25, 0.3) is 0 Å². The minimum absolute atomic E-state index is 0.254. The van der Waals surface area contributed by atoms with E-state index in [9.17, 15) is 23.5 Å². The summed E-state index contributed by atoms with van der Waals surface area (Å²) in [6.45, 7) is 0.399. The van der Waals surface area contributed by atoms with Gasteiger partial charge in [0.15, 0.2) is 5.78 Å². The van der Waals surface area contributed by atoms with Crippen LogP contribution in [0.3, 0.4) is 0 Å². The van der Waals surface area contributed by atoms with Gasteiger partial charge in [0.2, 0.25) is 5.91 Å². The minimum atomic E-state index is -1.27. The van der Waals surface area contributed by atoms with Crippen LogP contribution in [0.5, 0.6) is 5.75 Å². The maximum absolute atomic E-state index is 13.5. The zero-order valence-electron chi connectivity index (χ0n) is 20.3. The summed E-state index contributed by atoms with van der Waals surface area (Å²) in [7, 11) is 0. The number of ether oxygens (including phenoxy) is 1. The van der Waals surface area contributed by atoms with E-state index in [1.54, 1.807) is 12.1 Å². The standard InChI is InChI=1S/C31H25F2NO4/c32-23-10-6-21(7-11-23)27(35)18-28(36)29-30(34(31(29)37)25-14-12-24(33)13-15-25)22-8-16-26(17-9-22)38-19-20-4-2-1-3-5-20/h1-17,28-30,36H,18-19H2/t28?,29-,30-/m0/s1. The van der Waals surface area contributed by atoms with E-state index >= 15 is 0 Å². The lowest BCUT2D eigenvalue weighted by Crippen LogP contribution is -2.59. The fraction of sp³-hybridized carbons (Fsp3) is 0.161. The SMILES string of the molecule is O=C(CC(O)[C@@H]1C(=O)N(c2ccc(F)cc2)[C@H]1c1ccc(OCc2ccccc2)cc1)c1ccc(F)cc1. The topological polar surface area (TPSA) is 66.8 Å². The van der Waals surface area contributed by atoms with Crippen LogP contribution in [0.2, 0.25) is 0 Å². The summed E-state index contributed by atoms with van der Waals surface area (Å²) < 4.78 is 32.7. The molecule has 1 heterocycles. The maximum atomic E-state index is 13.5. The Hall–Kier alpha value is -4.36. The average Bonchev–Trinajstić information content (AvgIpc) is 2.93. The van der Waals surface area contributed by atoms with Crippen LogP contribution in [0.4, 0.5) is 14.5 Å². The normalized spacial score (nSPS) is 17.6. The van der Waals surface area contributed by atoms with Crippen molar-refractivity contribution < 1.29 is 28.2 Å². The Morgan fingerprint density at radius 2 is 1.45 bits per heavy atom. The second-order valence-corrected chi connectivity index (χ2v) is 9.20. The Labute approximate surface area is 218 Å². The lowest BCUT2D eigenvalue weighted by molar-refractivity contribution is -0.135. The number of amides is 1. The van der Waals surface area contributed by atoms with Crippen molar-refractivity contribution in [2.45, 2.75) is 25.2 Å². The third-order valence-electron chi connectivity index (χ3n) is 6.69. The molecule has 4 aromatic carbocycles. The number of nitrogens with zero attached hydrogens (tertiary/aromatic N) is 1. The molecule has 0 aromatic heterocycles. The fourth-order valence-corrected chi connectivity index (χ4v) is 4.70. The number of β-lactam (4-membered cyclic amide) rings is 1. The van der Waals surface area contributed by atoms with Crippen LogP contribution in [-0.4, -0.2) is 22.9 Å². The second kappa shape index (κ2) is 10.9. The van der Waals surface area contributed by atoms with Gasteiger partial charge in [-0.25, -0.2) is 8.78 Å². The molecule has 1 aliphatic heterocycles. The molecule has 3 atom stereocenters. The van der Waals surface area contributed by atoms with Gasteiger partial charge in [0, 0.05) is 17.7 Å². The molecule has 1 unspecified atom stereocenters. The van der Waals surface area contributed by atoms with Crippen molar-refractivity contribution >= 4 is 17.4 Å². The molecule has 1 amide bonds. The number of carbonyl (C=O) groups excluding carboxylic acids is 2. The molecule has 1 fully saturated rings. The molecule has 0 spiro atoms. The predicted octanol–water partition coefficient (Wildman–Crippen LogP) is 5.88. The largest absolute Gasteiger partial charge is 0.489 e. The second-order valence-electron chi connectivity index (χ2n) is 9.20. The lowest BCUT2D eigenvalue weighted by Gasteiger charge is -2.49. The maximum Gasteiger partial charge on any atom is 0.235 e. The van der Waals surface area contributed by atoms with Crippen molar-refractivity contribution in [2.24, 2.45) is 5.92 Å². The van der Waals surface area contributed by atoms with E-state index < -0.39 is 35.5 Å². The Kier molecular flexibility index (Phi) is 7.29. The van der Waals surface area contributed by atoms with Gasteiger partial charge >= 0.3 is 0 Å². The minimum Gasteiger partial charge on any atom is -0.489 e. The molecule has 1 N–H and O–H groups in total. The number of carbonyl (C=O) groups is 2. The third kappa shape index (κ3) is 5.33. The smallest absolute Gasteiger partial charge is 0.235 e. The Morgan fingerprint density at radius 3 is 2.08 bits per heavy atom. The van der Waals surface area contributed by atoms with E-state index in [2.05, 4.69) is 0 Å². The first kappa shape index (κ1) is 25.3. The fourth-order valence-electron chi connectivity index (χ4n) is 4.70. The first-order chi connectivity index (χ1) is 18.4.